The zero-order chi connectivity index (χ0) is 24.0. The van der Waals surface area contributed by atoms with E-state index in [1.54, 1.807) is 13.2 Å². The standard InChI is InChI=1S/C27H24N4O3S/c1-3-16-35-27-29-26-23(30-31-27)19-12-7-8-14-21(19)28-25(34-26)20-13-9-15-22(32-2)24(20)33-17-18-10-5-4-6-11-18/h3-15,25,28H,1,16-17H2,2H3/t25-/m0/s1. The number of nitrogens with one attached hydrogen (secondary N) is 1. The fraction of sp³-hybridized carbons (Fsp3) is 0.148. The van der Waals surface area contributed by atoms with Crippen molar-refractivity contribution < 1.29 is 14.2 Å². The van der Waals surface area contributed by atoms with Crippen molar-refractivity contribution >= 4 is 17.4 Å². The summed E-state index contributed by atoms with van der Waals surface area (Å²) in [5.41, 5.74) is 4.13. The minimum Gasteiger partial charge on any atom is -0.493 e. The Bertz CT molecular complexity index is 1330. The largest absolute Gasteiger partial charge is 0.493 e. The number of hydrogen-bond acceptors (Lipinski definition) is 8. The number of methoxy groups -OCH3 is 1. The van der Waals surface area contributed by atoms with Crippen molar-refractivity contribution in [2.75, 3.05) is 18.2 Å². The van der Waals surface area contributed by atoms with E-state index in [2.05, 4.69) is 27.1 Å². The second-order valence-corrected chi connectivity index (χ2v) is 8.68. The van der Waals surface area contributed by atoms with Gasteiger partial charge in [-0.05, 0) is 23.8 Å². The smallest absolute Gasteiger partial charge is 0.247 e. The van der Waals surface area contributed by atoms with Crippen molar-refractivity contribution in [2.24, 2.45) is 0 Å². The predicted molar refractivity (Wildman–Crippen MR) is 137 cm³/mol. The molecule has 35 heavy (non-hydrogen) atoms. The first-order valence-corrected chi connectivity index (χ1v) is 12.1. The van der Waals surface area contributed by atoms with E-state index in [0.717, 1.165) is 22.4 Å². The van der Waals surface area contributed by atoms with Gasteiger partial charge in [-0.15, -0.1) is 16.8 Å². The minimum absolute atomic E-state index is 0.389. The number of para-hydroxylation sites is 2. The van der Waals surface area contributed by atoms with Gasteiger partial charge in [0.25, 0.3) is 0 Å². The van der Waals surface area contributed by atoms with Gasteiger partial charge >= 0.3 is 0 Å². The molecule has 176 valence electrons. The zero-order valence-electron chi connectivity index (χ0n) is 19.2. The molecule has 0 bridgehead atoms. The van der Waals surface area contributed by atoms with Gasteiger partial charge in [0.05, 0.1) is 12.7 Å². The van der Waals surface area contributed by atoms with E-state index in [9.17, 15) is 0 Å². The molecule has 0 aliphatic carbocycles. The Morgan fingerprint density at radius 3 is 2.69 bits per heavy atom. The van der Waals surface area contributed by atoms with Crippen molar-refractivity contribution in [1.82, 2.24) is 15.2 Å². The lowest BCUT2D eigenvalue weighted by Crippen LogP contribution is -2.18. The molecule has 1 atom stereocenters. The molecule has 0 unspecified atom stereocenters. The summed E-state index contributed by atoms with van der Waals surface area (Å²) in [5.74, 6) is 2.28. The highest BCUT2D eigenvalue weighted by molar-refractivity contribution is 7.99. The molecule has 8 heteroatoms. The first kappa shape index (κ1) is 22.7. The molecule has 1 N–H and O–H groups in total. The fourth-order valence-corrected chi connectivity index (χ4v) is 4.28. The molecule has 2 heterocycles. The molecule has 7 nitrogen and oxygen atoms in total. The van der Waals surface area contributed by atoms with Crippen LogP contribution in [0.5, 0.6) is 17.4 Å². The summed E-state index contributed by atoms with van der Waals surface area (Å²) in [6.07, 6.45) is 1.19. The van der Waals surface area contributed by atoms with Crippen molar-refractivity contribution in [1.29, 1.82) is 0 Å². The molecule has 3 aromatic carbocycles. The topological polar surface area (TPSA) is 78.4 Å². The van der Waals surface area contributed by atoms with Gasteiger partial charge in [-0.2, -0.15) is 4.98 Å². The molecule has 0 saturated carbocycles. The maximum atomic E-state index is 6.44. The van der Waals surface area contributed by atoms with Gasteiger partial charge in [0, 0.05) is 17.0 Å². The van der Waals surface area contributed by atoms with Crippen LogP contribution in [-0.2, 0) is 6.61 Å². The molecule has 1 aromatic heterocycles. The van der Waals surface area contributed by atoms with Crippen LogP contribution in [0.3, 0.4) is 0 Å². The molecule has 0 radical (unpaired) electrons. The molecule has 4 aromatic rings. The molecule has 1 aliphatic rings. The predicted octanol–water partition coefficient (Wildman–Crippen LogP) is 5.91. The summed E-state index contributed by atoms with van der Waals surface area (Å²) in [5, 5.41) is 12.7. The van der Waals surface area contributed by atoms with Gasteiger partial charge in [-0.25, -0.2) is 0 Å². The number of nitrogens with zero attached hydrogens (tertiary/aromatic N) is 3. The number of fused-ring (bicyclic) bond motifs is 3. The third kappa shape index (κ3) is 4.93. The molecule has 5 rings (SSSR count). The summed E-state index contributed by atoms with van der Waals surface area (Å²) >= 11 is 1.45. The lowest BCUT2D eigenvalue weighted by molar-refractivity contribution is 0.211. The Labute approximate surface area is 208 Å². The van der Waals surface area contributed by atoms with Gasteiger partial charge in [-0.3, -0.25) is 0 Å². The van der Waals surface area contributed by atoms with Crippen LogP contribution in [0.25, 0.3) is 11.3 Å². The number of rotatable bonds is 8. The third-order valence-corrected chi connectivity index (χ3v) is 6.24. The molecule has 1 aliphatic heterocycles. The Morgan fingerprint density at radius 1 is 1.03 bits per heavy atom. The monoisotopic (exact) mass is 484 g/mol. The van der Waals surface area contributed by atoms with E-state index in [1.165, 1.54) is 11.8 Å². The summed E-state index contributed by atoms with van der Waals surface area (Å²) in [4.78, 5) is 4.66. The van der Waals surface area contributed by atoms with Crippen LogP contribution in [0.1, 0.15) is 17.4 Å². The summed E-state index contributed by atoms with van der Waals surface area (Å²) < 4.78 is 18.4. The molecular weight excluding hydrogens is 460 g/mol. The number of benzene rings is 3. The fourth-order valence-electron chi connectivity index (χ4n) is 3.77. The zero-order valence-corrected chi connectivity index (χ0v) is 20.0. The molecule has 0 spiro atoms. The lowest BCUT2D eigenvalue weighted by Gasteiger charge is -2.23. The van der Waals surface area contributed by atoms with E-state index in [4.69, 9.17) is 14.2 Å². The van der Waals surface area contributed by atoms with Gasteiger partial charge in [0.1, 0.15) is 6.61 Å². The number of anilines is 1. The van der Waals surface area contributed by atoms with Gasteiger partial charge in [0.2, 0.25) is 17.3 Å². The van der Waals surface area contributed by atoms with Crippen molar-refractivity contribution in [3.63, 3.8) is 0 Å². The van der Waals surface area contributed by atoms with Crippen LogP contribution < -0.4 is 19.5 Å². The molecular formula is C27H24N4O3S. The van der Waals surface area contributed by atoms with Crippen molar-refractivity contribution in [2.45, 2.75) is 18.0 Å². The normalized spacial score (nSPS) is 13.9. The Morgan fingerprint density at radius 2 is 1.86 bits per heavy atom. The number of aromatic nitrogens is 3. The van der Waals surface area contributed by atoms with Crippen LogP contribution in [0, 0.1) is 0 Å². The van der Waals surface area contributed by atoms with E-state index in [1.807, 2.05) is 72.8 Å². The lowest BCUT2D eigenvalue weighted by atomic mass is 10.1. The van der Waals surface area contributed by atoms with Crippen molar-refractivity contribution in [3.8, 4) is 28.6 Å². The maximum absolute atomic E-state index is 6.44. The molecule has 0 amide bonds. The highest BCUT2D eigenvalue weighted by Gasteiger charge is 2.29. The van der Waals surface area contributed by atoms with E-state index >= 15 is 0 Å². The van der Waals surface area contributed by atoms with Gasteiger partial charge < -0.3 is 19.5 Å². The SMILES string of the molecule is C=CCSc1nnc2c(n1)O[C@@H](c1cccc(OC)c1OCc1ccccc1)Nc1ccccc1-2. The van der Waals surface area contributed by atoms with E-state index in [0.29, 0.717) is 40.6 Å². The Hall–Kier alpha value is -4.04. The number of ether oxygens (including phenoxy) is 3. The highest BCUT2D eigenvalue weighted by atomic mass is 32.2. The van der Waals surface area contributed by atoms with E-state index < -0.39 is 6.23 Å². The summed E-state index contributed by atoms with van der Waals surface area (Å²) in [6.45, 7) is 4.15. The quantitative estimate of drug-likeness (QED) is 0.244. The van der Waals surface area contributed by atoms with Crippen LogP contribution in [-0.4, -0.2) is 28.0 Å². The number of thioether (sulfide) groups is 1. The van der Waals surface area contributed by atoms with Gasteiger partial charge in [0.15, 0.2) is 17.2 Å². The van der Waals surface area contributed by atoms with Crippen LogP contribution in [0.2, 0.25) is 0 Å². The first-order chi connectivity index (χ1) is 17.3. The van der Waals surface area contributed by atoms with E-state index in [-0.39, 0.29) is 0 Å². The highest BCUT2D eigenvalue weighted by Crippen LogP contribution is 2.43. The second-order valence-electron chi connectivity index (χ2n) is 7.69. The summed E-state index contributed by atoms with van der Waals surface area (Å²) in [6, 6.07) is 23.6. The Balaban J connectivity index is 1.55. The molecule has 0 fully saturated rings. The molecule has 0 saturated heterocycles. The number of hydrogen-bond donors (Lipinski definition) is 1. The van der Waals surface area contributed by atoms with Crippen LogP contribution in [0.15, 0.2) is 90.6 Å². The second kappa shape index (κ2) is 10.5. The third-order valence-electron chi connectivity index (χ3n) is 5.40. The van der Waals surface area contributed by atoms with Crippen LogP contribution in [0.4, 0.5) is 5.69 Å². The Kier molecular flexibility index (Phi) is 6.81. The summed E-state index contributed by atoms with van der Waals surface area (Å²) in [7, 11) is 1.63. The maximum Gasteiger partial charge on any atom is 0.247 e. The minimum atomic E-state index is -0.604. The van der Waals surface area contributed by atoms with Crippen molar-refractivity contribution in [3.05, 3.63) is 96.6 Å². The average molecular weight is 485 g/mol. The van der Waals surface area contributed by atoms with Crippen LogP contribution >= 0.6 is 11.8 Å². The van der Waals surface area contributed by atoms with Gasteiger partial charge in [-0.1, -0.05) is 72.4 Å². The first-order valence-electron chi connectivity index (χ1n) is 11.1. The average Bonchev–Trinajstić information content (AvgIpc) is 3.07.